The lowest BCUT2D eigenvalue weighted by Gasteiger charge is -2.11. The molecule has 0 saturated heterocycles. The number of rotatable bonds is 3. The summed E-state index contributed by atoms with van der Waals surface area (Å²) in [5.41, 5.74) is 0. The van der Waals surface area contributed by atoms with Gasteiger partial charge in [-0.3, -0.25) is 4.90 Å². The molecule has 0 N–H and O–H groups in total. The normalized spacial score (nSPS) is 8.00. The molecule has 0 bridgehead atoms. The van der Waals surface area contributed by atoms with Gasteiger partial charge < -0.3 is 0 Å². The van der Waals surface area contributed by atoms with Crippen molar-refractivity contribution in [3.63, 3.8) is 0 Å². The maximum atomic E-state index is 5.37. The molecule has 0 unspecified atom stereocenters. The molecule has 0 rings (SSSR count). The quantitative estimate of drug-likeness (QED) is 0.458. The van der Waals surface area contributed by atoms with Crippen LogP contribution in [0.15, 0.2) is 0 Å². The Balaban J connectivity index is 3.81. The Morgan fingerprint density at radius 1 is 1.00 bits per heavy atom. The fourth-order valence-corrected chi connectivity index (χ4v) is 0.735. The first-order valence-electron chi connectivity index (χ1n) is 3.46. The van der Waals surface area contributed by atoms with Crippen LogP contribution in [0.4, 0.5) is 0 Å². The lowest BCUT2D eigenvalue weighted by Crippen LogP contribution is -2.24. The van der Waals surface area contributed by atoms with E-state index in [0.717, 1.165) is 0 Å². The van der Waals surface area contributed by atoms with E-state index >= 15 is 0 Å². The zero-order chi connectivity index (χ0) is 9.23. The molecule has 0 heterocycles. The van der Waals surface area contributed by atoms with Crippen molar-refractivity contribution in [2.75, 3.05) is 25.5 Å². The first-order chi connectivity index (χ1) is 5.85. The molecule has 0 aliphatic carbocycles. The van der Waals surface area contributed by atoms with Gasteiger partial charge in [0.2, 0.25) is 0 Å². The van der Waals surface area contributed by atoms with Crippen LogP contribution in [0.5, 0.6) is 0 Å². The first-order valence-corrected chi connectivity index (χ1v) is 3.99. The lowest BCUT2D eigenvalue weighted by molar-refractivity contribution is 0.390. The van der Waals surface area contributed by atoms with E-state index in [-0.39, 0.29) is 0 Å². The van der Waals surface area contributed by atoms with E-state index in [1.807, 2.05) is 4.90 Å². The predicted octanol–water partition coefficient (Wildman–Crippen LogP) is 0.797. The molecular formula is C10H10ClN. The second-order valence-corrected chi connectivity index (χ2v) is 2.31. The maximum absolute atomic E-state index is 5.37. The molecule has 2 heteroatoms. The minimum Gasteiger partial charge on any atom is -0.270 e. The Morgan fingerprint density at radius 3 is 2.00 bits per heavy atom. The molecular weight excluding hydrogens is 170 g/mol. The van der Waals surface area contributed by atoms with Crippen molar-refractivity contribution in [2.24, 2.45) is 0 Å². The third-order valence-corrected chi connectivity index (χ3v) is 1.26. The number of terminal acetylenes is 2. The van der Waals surface area contributed by atoms with E-state index in [9.17, 15) is 0 Å². The SMILES string of the molecule is C#CCN(CC#C)CC#CCCl. The molecule has 0 aromatic rings. The van der Waals surface area contributed by atoms with Gasteiger partial charge in [0.25, 0.3) is 0 Å². The Kier molecular flexibility index (Phi) is 7.31. The minimum absolute atomic E-state index is 0.347. The molecule has 0 fully saturated rings. The zero-order valence-electron chi connectivity index (χ0n) is 6.81. The molecule has 0 saturated carbocycles. The molecule has 0 aromatic heterocycles. The van der Waals surface area contributed by atoms with Gasteiger partial charge in [0.1, 0.15) is 0 Å². The summed E-state index contributed by atoms with van der Waals surface area (Å²) in [7, 11) is 0. The molecule has 1 nitrogen and oxygen atoms in total. The van der Waals surface area contributed by atoms with Crippen molar-refractivity contribution < 1.29 is 0 Å². The van der Waals surface area contributed by atoms with Gasteiger partial charge >= 0.3 is 0 Å². The van der Waals surface area contributed by atoms with Gasteiger partial charge in [-0.2, -0.15) is 0 Å². The van der Waals surface area contributed by atoms with Crippen LogP contribution >= 0.6 is 11.6 Å². The fourth-order valence-electron chi connectivity index (χ4n) is 0.641. The minimum atomic E-state index is 0.347. The highest BCUT2D eigenvalue weighted by atomic mass is 35.5. The van der Waals surface area contributed by atoms with Gasteiger partial charge in [0.05, 0.1) is 25.5 Å². The number of nitrogens with zero attached hydrogens (tertiary/aromatic N) is 1. The molecule has 0 spiro atoms. The number of halogens is 1. The second-order valence-electron chi connectivity index (χ2n) is 2.04. The maximum Gasteiger partial charge on any atom is 0.0835 e. The van der Waals surface area contributed by atoms with E-state index in [2.05, 4.69) is 23.7 Å². The average Bonchev–Trinajstić information content (AvgIpc) is 2.06. The van der Waals surface area contributed by atoms with Crippen molar-refractivity contribution >= 4 is 11.6 Å². The van der Waals surface area contributed by atoms with Gasteiger partial charge in [-0.15, -0.1) is 24.4 Å². The van der Waals surface area contributed by atoms with E-state index in [4.69, 9.17) is 24.4 Å². The third-order valence-electron chi connectivity index (χ3n) is 1.12. The zero-order valence-corrected chi connectivity index (χ0v) is 7.56. The Bertz CT molecular complexity index is 230. The molecule has 0 aromatic carbocycles. The van der Waals surface area contributed by atoms with Crippen LogP contribution in [0.1, 0.15) is 0 Å². The van der Waals surface area contributed by atoms with Crippen molar-refractivity contribution in [1.29, 1.82) is 0 Å². The van der Waals surface area contributed by atoms with Crippen LogP contribution in [0, 0.1) is 36.5 Å². The van der Waals surface area contributed by atoms with E-state index in [1.165, 1.54) is 0 Å². The van der Waals surface area contributed by atoms with Gasteiger partial charge in [-0.05, 0) is 0 Å². The van der Waals surface area contributed by atoms with E-state index < -0.39 is 0 Å². The highest BCUT2D eigenvalue weighted by molar-refractivity contribution is 6.19. The van der Waals surface area contributed by atoms with Crippen LogP contribution in [0.3, 0.4) is 0 Å². The summed E-state index contributed by atoms with van der Waals surface area (Å²) in [6.45, 7) is 1.64. The highest BCUT2D eigenvalue weighted by Gasteiger charge is 1.96. The van der Waals surface area contributed by atoms with Crippen molar-refractivity contribution in [2.45, 2.75) is 0 Å². The standard InChI is InChI=1S/C10H10ClN/c1-3-8-12(9-4-2)10-6-5-7-11/h1-2H,7-10H2. The van der Waals surface area contributed by atoms with E-state index in [0.29, 0.717) is 25.5 Å². The van der Waals surface area contributed by atoms with Gasteiger partial charge in [-0.25, -0.2) is 0 Å². The number of hydrogen-bond acceptors (Lipinski definition) is 1. The van der Waals surface area contributed by atoms with Crippen LogP contribution in [0.25, 0.3) is 0 Å². The molecule has 0 atom stereocenters. The Labute approximate surface area is 79.1 Å². The molecule has 0 amide bonds. The lowest BCUT2D eigenvalue weighted by atomic mass is 10.4. The van der Waals surface area contributed by atoms with Crippen LogP contribution < -0.4 is 0 Å². The topological polar surface area (TPSA) is 3.24 Å². The summed E-state index contributed by atoms with van der Waals surface area (Å²) in [4.78, 5) is 1.89. The largest absolute Gasteiger partial charge is 0.270 e. The average molecular weight is 180 g/mol. The summed E-state index contributed by atoms with van der Waals surface area (Å²) in [6, 6.07) is 0. The van der Waals surface area contributed by atoms with Crippen LogP contribution in [0.2, 0.25) is 0 Å². The van der Waals surface area contributed by atoms with Crippen molar-refractivity contribution in [3.05, 3.63) is 0 Å². The predicted molar refractivity (Wildman–Crippen MR) is 52.6 cm³/mol. The van der Waals surface area contributed by atoms with Crippen molar-refractivity contribution in [3.8, 4) is 36.5 Å². The summed E-state index contributed by atoms with van der Waals surface area (Å²) in [6.07, 6.45) is 10.3. The smallest absolute Gasteiger partial charge is 0.0835 e. The molecule has 0 aliphatic rings. The molecule has 0 aliphatic heterocycles. The summed E-state index contributed by atoms with van der Waals surface area (Å²) < 4.78 is 0. The first kappa shape index (κ1) is 10.9. The van der Waals surface area contributed by atoms with Gasteiger partial charge in [0.15, 0.2) is 0 Å². The molecule has 0 radical (unpaired) electrons. The highest BCUT2D eigenvalue weighted by Crippen LogP contribution is 1.83. The Hall–Kier alpha value is -1.07. The van der Waals surface area contributed by atoms with Crippen LogP contribution in [-0.2, 0) is 0 Å². The number of alkyl halides is 1. The molecule has 62 valence electrons. The summed E-state index contributed by atoms with van der Waals surface area (Å²) in [5, 5.41) is 0. The van der Waals surface area contributed by atoms with E-state index in [1.54, 1.807) is 0 Å². The number of hydrogen-bond donors (Lipinski definition) is 0. The fraction of sp³-hybridized carbons (Fsp3) is 0.400. The molecule has 12 heavy (non-hydrogen) atoms. The Morgan fingerprint density at radius 2 is 1.58 bits per heavy atom. The second kappa shape index (κ2) is 8.03. The van der Waals surface area contributed by atoms with Crippen LogP contribution in [-0.4, -0.2) is 30.4 Å². The van der Waals surface area contributed by atoms with Crippen molar-refractivity contribution in [1.82, 2.24) is 4.90 Å². The summed E-state index contributed by atoms with van der Waals surface area (Å²) in [5.74, 6) is 11.0. The third kappa shape index (κ3) is 5.70. The van der Waals surface area contributed by atoms with Gasteiger partial charge in [-0.1, -0.05) is 23.7 Å². The summed E-state index contributed by atoms with van der Waals surface area (Å²) >= 11 is 5.37. The van der Waals surface area contributed by atoms with Gasteiger partial charge in [0, 0.05) is 0 Å². The monoisotopic (exact) mass is 179 g/mol.